The minimum Gasteiger partial charge on any atom is -0.298 e. The number of hydrogen-bond acceptors (Lipinski definition) is 4. The van der Waals surface area contributed by atoms with E-state index in [1.165, 1.54) is 42.1 Å². The lowest BCUT2D eigenvalue weighted by Crippen LogP contribution is -1.96. The Hall–Kier alpha value is -1.66. The van der Waals surface area contributed by atoms with Gasteiger partial charge in [-0.05, 0) is 42.5 Å². The summed E-state index contributed by atoms with van der Waals surface area (Å²) in [5.74, 6) is -0.469. The molecule has 0 amide bonds. The lowest BCUT2D eigenvalue weighted by molar-refractivity contribution is 0.112. The Morgan fingerprint density at radius 3 is 2.30 bits per heavy atom. The highest BCUT2D eigenvalue weighted by Gasteiger charge is 2.08. The van der Waals surface area contributed by atoms with Gasteiger partial charge in [0.25, 0.3) is 0 Å². The molecule has 3 nitrogen and oxygen atoms in total. The van der Waals surface area contributed by atoms with Crippen LogP contribution in [0.5, 0.6) is 0 Å². The van der Waals surface area contributed by atoms with Crippen LogP contribution in [0, 0.1) is 5.82 Å². The van der Waals surface area contributed by atoms with Crippen molar-refractivity contribution >= 4 is 27.9 Å². The van der Waals surface area contributed by atoms with Gasteiger partial charge >= 0.3 is 0 Å². The average Bonchev–Trinajstić information content (AvgIpc) is 2.40. The van der Waals surface area contributed by atoms with Crippen molar-refractivity contribution in [1.29, 1.82) is 0 Å². The molecular formula is C14H11FO3S2. The van der Waals surface area contributed by atoms with E-state index < -0.39 is 15.7 Å². The third-order valence-corrected chi connectivity index (χ3v) is 4.81. The lowest BCUT2D eigenvalue weighted by Gasteiger charge is -2.05. The first-order chi connectivity index (χ1) is 9.40. The Balaban J connectivity index is 2.29. The monoisotopic (exact) mass is 310 g/mol. The summed E-state index contributed by atoms with van der Waals surface area (Å²) in [6.45, 7) is 0. The molecule has 0 fully saturated rings. The van der Waals surface area contributed by atoms with E-state index in [1.807, 2.05) is 0 Å². The average molecular weight is 310 g/mol. The van der Waals surface area contributed by atoms with Crippen molar-refractivity contribution < 1.29 is 17.6 Å². The highest BCUT2D eigenvalue weighted by Crippen LogP contribution is 2.30. The molecule has 0 spiro atoms. The van der Waals surface area contributed by atoms with Gasteiger partial charge in [0.2, 0.25) is 0 Å². The van der Waals surface area contributed by atoms with Crippen molar-refractivity contribution in [2.75, 3.05) is 6.26 Å². The number of benzene rings is 2. The molecule has 20 heavy (non-hydrogen) atoms. The third-order valence-electron chi connectivity index (χ3n) is 2.58. The van der Waals surface area contributed by atoms with E-state index in [4.69, 9.17) is 0 Å². The Labute approximate surface area is 120 Å². The van der Waals surface area contributed by atoms with Gasteiger partial charge in [-0.25, -0.2) is 12.8 Å². The molecule has 0 N–H and O–H groups in total. The second-order valence-corrected chi connectivity index (χ2v) is 7.28. The number of aldehydes is 1. The van der Waals surface area contributed by atoms with Crippen LogP contribution in [0.1, 0.15) is 10.4 Å². The number of sulfone groups is 1. The van der Waals surface area contributed by atoms with Gasteiger partial charge in [-0.3, -0.25) is 4.79 Å². The molecule has 0 saturated carbocycles. The maximum absolute atomic E-state index is 13.0. The predicted molar refractivity (Wildman–Crippen MR) is 75.5 cm³/mol. The molecule has 0 aliphatic carbocycles. The fourth-order valence-corrected chi connectivity index (χ4v) is 3.10. The highest BCUT2D eigenvalue weighted by atomic mass is 32.2. The van der Waals surface area contributed by atoms with Crippen LogP contribution in [0.15, 0.2) is 57.2 Å². The van der Waals surface area contributed by atoms with E-state index >= 15 is 0 Å². The molecule has 0 aliphatic rings. The molecule has 0 aliphatic heterocycles. The summed E-state index contributed by atoms with van der Waals surface area (Å²) in [6.07, 6.45) is 1.73. The zero-order valence-corrected chi connectivity index (χ0v) is 12.2. The van der Waals surface area contributed by atoms with Gasteiger partial charge < -0.3 is 0 Å². The SMILES string of the molecule is CS(=O)(=O)c1ccc(Sc2ccc(F)cc2C=O)cc1. The second kappa shape index (κ2) is 5.76. The summed E-state index contributed by atoms with van der Waals surface area (Å²) in [4.78, 5) is 12.5. The Morgan fingerprint density at radius 1 is 1.10 bits per heavy atom. The van der Waals surface area contributed by atoms with Gasteiger partial charge in [0.05, 0.1) is 4.90 Å². The molecule has 0 bridgehead atoms. The standard InChI is InChI=1S/C14H11FO3S2/c1-20(17,18)13-5-3-12(4-6-13)19-14-7-2-11(15)8-10(14)9-16/h2-9H,1H3. The van der Waals surface area contributed by atoms with Gasteiger partial charge in [-0.15, -0.1) is 0 Å². The Morgan fingerprint density at radius 2 is 1.75 bits per heavy atom. The summed E-state index contributed by atoms with van der Waals surface area (Å²) in [5, 5.41) is 0. The topological polar surface area (TPSA) is 51.2 Å². The molecule has 2 aromatic carbocycles. The molecule has 0 aromatic heterocycles. The van der Waals surface area contributed by atoms with Crippen molar-refractivity contribution in [3.8, 4) is 0 Å². The first-order valence-electron chi connectivity index (χ1n) is 5.63. The zero-order chi connectivity index (χ0) is 14.8. The van der Waals surface area contributed by atoms with Crippen LogP contribution >= 0.6 is 11.8 Å². The molecule has 104 valence electrons. The molecular weight excluding hydrogens is 299 g/mol. The number of hydrogen-bond donors (Lipinski definition) is 0. The van der Waals surface area contributed by atoms with E-state index in [0.717, 1.165) is 11.2 Å². The van der Waals surface area contributed by atoms with Crippen LogP contribution in [0.4, 0.5) is 4.39 Å². The van der Waals surface area contributed by atoms with E-state index in [2.05, 4.69) is 0 Å². The number of carbonyl (C=O) groups is 1. The third kappa shape index (κ3) is 3.46. The van der Waals surface area contributed by atoms with E-state index in [1.54, 1.807) is 12.1 Å². The minimum absolute atomic E-state index is 0.233. The van der Waals surface area contributed by atoms with Crippen molar-refractivity contribution in [2.45, 2.75) is 14.7 Å². The van der Waals surface area contributed by atoms with Gasteiger partial charge in [0.1, 0.15) is 5.82 Å². The van der Waals surface area contributed by atoms with Crippen LogP contribution in [0.25, 0.3) is 0 Å². The molecule has 0 heterocycles. The summed E-state index contributed by atoms with van der Waals surface area (Å²) in [7, 11) is -3.23. The summed E-state index contributed by atoms with van der Waals surface area (Å²) < 4.78 is 35.7. The fourth-order valence-electron chi connectivity index (χ4n) is 1.59. The fraction of sp³-hybridized carbons (Fsp3) is 0.0714. The summed E-state index contributed by atoms with van der Waals surface area (Å²) >= 11 is 1.27. The van der Waals surface area contributed by atoms with Gasteiger partial charge in [0, 0.05) is 21.6 Å². The number of rotatable bonds is 4. The van der Waals surface area contributed by atoms with Crippen LogP contribution in [-0.4, -0.2) is 21.0 Å². The largest absolute Gasteiger partial charge is 0.298 e. The normalized spacial score (nSPS) is 11.3. The quantitative estimate of drug-likeness (QED) is 0.814. The van der Waals surface area contributed by atoms with Crippen LogP contribution in [0.2, 0.25) is 0 Å². The maximum Gasteiger partial charge on any atom is 0.175 e. The van der Waals surface area contributed by atoms with Crippen LogP contribution < -0.4 is 0 Å². The first kappa shape index (κ1) is 14.7. The van der Waals surface area contributed by atoms with Gasteiger partial charge in [0.15, 0.2) is 16.1 Å². The maximum atomic E-state index is 13.0. The van der Waals surface area contributed by atoms with Crippen molar-refractivity contribution in [1.82, 2.24) is 0 Å². The minimum atomic E-state index is -3.23. The van der Waals surface area contributed by atoms with Crippen LogP contribution in [0.3, 0.4) is 0 Å². The first-order valence-corrected chi connectivity index (χ1v) is 8.33. The van der Waals surface area contributed by atoms with Crippen LogP contribution in [-0.2, 0) is 9.84 Å². The molecule has 6 heteroatoms. The predicted octanol–water partition coefficient (Wildman–Crippen LogP) is 3.19. The molecule has 2 aromatic rings. The van der Waals surface area contributed by atoms with E-state index in [-0.39, 0.29) is 10.5 Å². The van der Waals surface area contributed by atoms with Crippen molar-refractivity contribution in [3.05, 3.63) is 53.8 Å². The lowest BCUT2D eigenvalue weighted by atomic mass is 10.2. The molecule has 0 atom stereocenters. The van der Waals surface area contributed by atoms with Gasteiger partial charge in [-0.1, -0.05) is 11.8 Å². The Kier molecular flexibility index (Phi) is 4.25. The zero-order valence-electron chi connectivity index (χ0n) is 10.5. The van der Waals surface area contributed by atoms with Crippen molar-refractivity contribution in [2.24, 2.45) is 0 Å². The molecule has 0 radical (unpaired) electrons. The summed E-state index contributed by atoms with van der Waals surface area (Å²) in [5.41, 5.74) is 0.266. The molecule has 2 rings (SSSR count). The Bertz CT molecular complexity index is 738. The van der Waals surface area contributed by atoms with Gasteiger partial charge in [-0.2, -0.15) is 0 Å². The van der Waals surface area contributed by atoms with E-state index in [0.29, 0.717) is 11.2 Å². The molecule has 0 unspecified atom stereocenters. The van der Waals surface area contributed by atoms with E-state index in [9.17, 15) is 17.6 Å². The number of halogens is 1. The molecule has 0 saturated heterocycles. The van der Waals surface area contributed by atoms with Crippen molar-refractivity contribution in [3.63, 3.8) is 0 Å². The smallest absolute Gasteiger partial charge is 0.175 e. The summed E-state index contributed by atoms with van der Waals surface area (Å²) in [6, 6.07) is 10.3. The number of carbonyl (C=O) groups excluding carboxylic acids is 1. The second-order valence-electron chi connectivity index (χ2n) is 4.15. The highest BCUT2D eigenvalue weighted by molar-refractivity contribution is 7.99.